The van der Waals surface area contributed by atoms with E-state index in [2.05, 4.69) is 78.8 Å². The molecule has 256 valence electrons. The molecular weight excluding hydrogens is 630 g/mol. The Morgan fingerprint density at radius 3 is 2.64 bits per heavy atom. The summed E-state index contributed by atoms with van der Waals surface area (Å²) in [5.41, 5.74) is 5.59. The molecular formula is C38H41N9O3. The summed E-state index contributed by atoms with van der Waals surface area (Å²) >= 11 is 0. The van der Waals surface area contributed by atoms with Gasteiger partial charge >= 0.3 is 0 Å². The van der Waals surface area contributed by atoms with E-state index in [-0.39, 0.29) is 11.3 Å². The summed E-state index contributed by atoms with van der Waals surface area (Å²) in [6.07, 6.45) is 8.99. The third-order valence-corrected chi connectivity index (χ3v) is 10.5. The summed E-state index contributed by atoms with van der Waals surface area (Å²) in [5, 5.41) is 15.3. The number of tetrazole rings is 1. The van der Waals surface area contributed by atoms with E-state index in [1.807, 2.05) is 29.2 Å². The third kappa shape index (κ3) is 6.34. The molecule has 1 atom stereocenters. The molecule has 6 aromatic rings. The highest BCUT2D eigenvalue weighted by molar-refractivity contribution is 5.98. The zero-order valence-electron chi connectivity index (χ0n) is 28.2. The van der Waals surface area contributed by atoms with Gasteiger partial charge in [0.15, 0.2) is 0 Å². The van der Waals surface area contributed by atoms with E-state index >= 15 is 0 Å². The van der Waals surface area contributed by atoms with Crippen LogP contribution in [-0.4, -0.2) is 91.3 Å². The molecule has 0 radical (unpaired) electrons. The summed E-state index contributed by atoms with van der Waals surface area (Å²) in [6, 6.07) is 26.8. The van der Waals surface area contributed by atoms with E-state index in [1.165, 1.54) is 11.9 Å². The fourth-order valence-electron chi connectivity index (χ4n) is 7.64. The summed E-state index contributed by atoms with van der Waals surface area (Å²) in [5.74, 6) is 1.41. The van der Waals surface area contributed by atoms with Crippen LogP contribution in [0.5, 0.6) is 5.75 Å². The Bertz CT molecular complexity index is 2040. The van der Waals surface area contributed by atoms with E-state index in [0.717, 1.165) is 67.9 Å². The lowest BCUT2D eigenvalue weighted by Crippen LogP contribution is -2.42. The number of aromatic nitrogens is 6. The number of carbonyl (C=O) groups excluding carboxylic acids is 1. The number of carbonyl (C=O) groups is 1. The summed E-state index contributed by atoms with van der Waals surface area (Å²) in [7, 11) is 1.59. The van der Waals surface area contributed by atoms with Gasteiger partial charge in [-0.3, -0.25) is 4.79 Å². The van der Waals surface area contributed by atoms with Crippen LogP contribution in [0.2, 0.25) is 0 Å². The maximum absolute atomic E-state index is 14.1. The van der Waals surface area contributed by atoms with Gasteiger partial charge < -0.3 is 28.8 Å². The number of methoxy groups -OCH3 is 1. The second-order valence-electron chi connectivity index (χ2n) is 13.4. The summed E-state index contributed by atoms with van der Waals surface area (Å²) in [6.45, 7) is 5.02. The molecule has 0 spiro atoms. The number of nitrogens with one attached hydrogen (secondary N) is 1. The van der Waals surface area contributed by atoms with Gasteiger partial charge in [-0.2, -0.15) is 0 Å². The number of rotatable bonds is 11. The van der Waals surface area contributed by atoms with Gasteiger partial charge in [0.1, 0.15) is 12.1 Å². The maximum Gasteiger partial charge on any atom is 0.257 e. The van der Waals surface area contributed by atoms with Crippen molar-refractivity contribution in [1.29, 1.82) is 0 Å². The van der Waals surface area contributed by atoms with Gasteiger partial charge in [0.2, 0.25) is 5.95 Å². The highest BCUT2D eigenvalue weighted by atomic mass is 16.5. The molecule has 12 heteroatoms. The number of likely N-dealkylation sites (tertiary alicyclic amines) is 2. The molecule has 3 aromatic carbocycles. The maximum atomic E-state index is 14.1. The molecule has 12 nitrogen and oxygen atoms in total. The van der Waals surface area contributed by atoms with E-state index in [1.54, 1.807) is 30.4 Å². The lowest BCUT2D eigenvalue weighted by molar-refractivity contribution is 0.0776. The van der Waals surface area contributed by atoms with Gasteiger partial charge in [0.05, 0.1) is 48.5 Å². The van der Waals surface area contributed by atoms with E-state index in [4.69, 9.17) is 14.1 Å². The standard InChI is InChI=1S/C38H41N9O3/c1-49-35-12-11-31(47-27-39-42-43-47)23-32(35)36(48)45-21-17-38(26-45,29-7-3-2-4-8-29)16-20-44-18-13-30(14-19-44)40-37-41-33-9-5-6-10-34(33)46(37)24-28-15-22-50-25-28/h2-12,15,22-23,25,27,30H,13-14,16-21,24,26H2,1H3,(H,40,41). The van der Waals surface area contributed by atoms with Gasteiger partial charge in [0, 0.05) is 43.2 Å². The number of benzene rings is 3. The van der Waals surface area contributed by atoms with Crippen LogP contribution < -0.4 is 10.1 Å². The average Bonchev–Trinajstić information content (AvgIpc) is 4.00. The van der Waals surface area contributed by atoms with E-state index < -0.39 is 0 Å². The molecule has 0 aliphatic carbocycles. The molecule has 3 aromatic heterocycles. The number of hydrogen-bond acceptors (Lipinski definition) is 9. The molecule has 5 heterocycles. The largest absolute Gasteiger partial charge is 0.496 e. The molecule has 8 rings (SSSR count). The highest BCUT2D eigenvalue weighted by Crippen LogP contribution is 2.39. The van der Waals surface area contributed by atoms with Gasteiger partial charge in [-0.1, -0.05) is 42.5 Å². The van der Waals surface area contributed by atoms with Gasteiger partial charge in [-0.25, -0.2) is 9.67 Å². The number of anilines is 1. The van der Waals surface area contributed by atoms with E-state index in [0.29, 0.717) is 42.7 Å². The fourth-order valence-corrected chi connectivity index (χ4v) is 7.64. The Hall–Kier alpha value is -5.49. The number of fused-ring (bicyclic) bond motifs is 1. The van der Waals surface area contributed by atoms with Gasteiger partial charge in [0.25, 0.3) is 5.91 Å². The van der Waals surface area contributed by atoms with Crippen molar-refractivity contribution in [3.8, 4) is 11.4 Å². The molecule has 0 saturated carbocycles. The van der Waals surface area contributed by atoms with Crippen LogP contribution in [0.1, 0.15) is 47.2 Å². The van der Waals surface area contributed by atoms with Crippen LogP contribution in [0, 0.1) is 0 Å². The quantitative estimate of drug-likeness (QED) is 0.193. The van der Waals surface area contributed by atoms with Crippen LogP contribution >= 0.6 is 0 Å². The first-order chi connectivity index (χ1) is 24.6. The smallest absolute Gasteiger partial charge is 0.257 e. The molecule has 2 fully saturated rings. The zero-order chi connectivity index (χ0) is 33.9. The first kappa shape index (κ1) is 31.8. The van der Waals surface area contributed by atoms with Gasteiger partial charge in [-0.05, 0) is 84.6 Å². The minimum absolute atomic E-state index is 0.0414. The molecule has 2 aliphatic heterocycles. The van der Waals surface area contributed by atoms with Crippen LogP contribution in [-0.2, 0) is 12.0 Å². The number of ether oxygens (including phenoxy) is 1. The first-order valence-corrected chi connectivity index (χ1v) is 17.3. The molecule has 2 aliphatic rings. The number of nitrogens with zero attached hydrogens (tertiary/aromatic N) is 8. The Morgan fingerprint density at radius 1 is 1.02 bits per heavy atom. The minimum Gasteiger partial charge on any atom is -0.496 e. The Balaban J connectivity index is 0.938. The van der Waals surface area contributed by atoms with E-state index in [9.17, 15) is 4.79 Å². The first-order valence-electron chi connectivity index (χ1n) is 17.3. The van der Waals surface area contributed by atoms with Crippen LogP contribution in [0.25, 0.3) is 16.7 Å². The van der Waals surface area contributed by atoms with Crippen molar-refractivity contribution in [2.45, 2.75) is 43.7 Å². The van der Waals surface area contributed by atoms with Crippen LogP contribution in [0.4, 0.5) is 5.95 Å². The van der Waals surface area contributed by atoms with Crippen molar-refractivity contribution >= 4 is 22.9 Å². The number of piperidine rings is 1. The van der Waals surface area contributed by atoms with Gasteiger partial charge in [-0.15, -0.1) is 5.10 Å². The predicted molar refractivity (Wildman–Crippen MR) is 190 cm³/mol. The van der Waals surface area contributed by atoms with Crippen molar-refractivity contribution in [3.63, 3.8) is 0 Å². The van der Waals surface area contributed by atoms with Crippen LogP contribution in [0.15, 0.2) is 102 Å². The minimum atomic E-state index is -0.134. The monoisotopic (exact) mass is 671 g/mol. The Kier molecular flexibility index (Phi) is 8.76. The molecule has 1 N–H and O–H groups in total. The SMILES string of the molecule is COc1ccc(-n2cnnn2)cc1C(=O)N1CCC(CCN2CCC(Nc3nc4ccccc4n3Cc3ccoc3)CC2)(c2ccccc2)C1. The summed E-state index contributed by atoms with van der Waals surface area (Å²) in [4.78, 5) is 23.6. The number of hydrogen-bond donors (Lipinski definition) is 1. The van der Waals surface area contributed by atoms with Crippen molar-refractivity contribution in [2.75, 3.05) is 45.2 Å². The lowest BCUT2D eigenvalue weighted by Gasteiger charge is -2.36. The fraction of sp³-hybridized carbons (Fsp3) is 0.342. The van der Waals surface area contributed by atoms with Crippen molar-refractivity contribution < 1.29 is 13.9 Å². The molecule has 1 amide bonds. The number of imidazole rings is 1. The van der Waals surface area contributed by atoms with Crippen LogP contribution in [0.3, 0.4) is 0 Å². The summed E-state index contributed by atoms with van der Waals surface area (Å²) < 4.78 is 14.8. The molecule has 0 bridgehead atoms. The van der Waals surface area contributed by atoms with Crippen molar-refractivity contribution in [2.24, 2.45) is 0 Å². The Labute approximate surface area is 290 Å². The van der Waals surface area contributed by atoms with Crippen molar-refractivity contribution in [3.05, 3.63) is 114 Å². The second kappa shape index (κ2) is 13.8. The number of amides is 1. The lowest BCUT2D eigenvalue weighted by atomic mass is 9.76. The molecule has 50 heavy (non-hydrogen) atoms. The zero-order valence-corrected chi connectivity index (χ0v) is 28.2. The normalized spacial score (nSPS) is 18.5. The Morgan fingerprint density at radius 2 is 1.86 bits per heavy atom. The predicted octanol–water partition coefficient (Wildman–Crippen LogP) is 5.41. The molecule has 1 unspecified atom stereocenters. The number of para-hydroxylation sites is 2. The average molecular weight is 672 g/mol. The highest BCUT2D eigenvalue weighted by Gasteiger charge is 2.42. The third-order valence-electron chi connectivity index (χ3n) is 10.5. The molecule has 2 saturated heterocycles. The second-order valence-corrected chi connectivity index (χ2v) is 13.4. The topological polar surface area (TPSA) is 119 Å². The van der Waals surface area contributed by atoms with Crippen molar-refractivity contribution in [1.82, 2.24) is 39.6 Å². The number of furan rings is 1.